The minimum absolute atomic E-state index is 0.535. The third-order valence-corrected chi connectivity index (χ3v) is 0.712. The molecule has 0 aromatic heterocycles. The molecule has 0 bridgehead atoms. The number of ether oxygens (including phenoxy) is 1. The van der Waals surface area contributed by atoms with Crippen LogP contribution in [0.2, 0.25) is 0 Å². The molecular formula is C5H12O3. The summed E-state index contributed by atoms with van der Waals surface area (Å²) in [6, 6.07) is 0. The van der Waals surface area contributed by atoms with E-state index in [9.17, 15) is 0 Å². The van der Waals surface area contributed by atoms with Crippen molar-refractivity contribution >= 4 is 0 Å². The summed E-state index contributed by atoms with van der Waals surface area (Å²) < 4.78 is 4.91. The fraction of sp³-hybridized carbons (Fsp3) is 1.00. The van der Waals surface area contributed by atoms with Crippen LogP contribution in [0.25, 0.3) is 0 Å². The van der Waals surface area contributed by atoms with Gasteiger partial charge in [0.2, 0.25) is 0 Å². The predicted molar refractivity (Wildman–Crippen MR) is 29.4 cm³/mol. The Kier molecular flexibility index (Phi) is 2.97. The lowest BCUT2D eigenvalue weighted by molar-refractivity contribution is -0.389. The van der Waals surface area contributed by atoms with Crippen LogP contribution >= 0.6 is 0 Å². The lowest BCUT2D eigenvalue weighted by atomic mass is 10.4. The maximum absolute atomic E-state index is 8.10. The van der Waals surface area contributed by atoms with E-state index in [2.05, 4.69) is 4.89 Å². The molecular weight excluding hydrogens is 108 g/mol. The zero-order chi connectivity index (χ0) is 6.62. The van der Waals surface area contributed by atoms with E-state index < -0.39 is 5.79 Å². The summed E-state index contributed by atoms with van der Waals surface area (Å²) in [4.78, 5) is 3.96. The van der Waals surface area contributed by atoms with Crippen LogP contribution in [0, 0.1) is 0 Å². The van der Waals surface area contributed by atoms with Gasteiger partial charge in [0.25, 0.3) is 0 Å². The van der Waals surface area contributed by atoms with E-state index in [0.29, 0.717) is 6.61 Å². The van der Waals surface area contributed by atoms with Crippen molar-refractivity contribution in [1.82, 2.24) is 0 Å². The Morgan fingerprint density at radius 1 is 1.50 bits per heavy atom. The Hall–Kier alpha value is -0.120. The first-order chi connectivity index (χ1) is 3.62. The second-order valence-corrected chi connectivity index (χ2v) is 1.92. The second kappa shape index (κ2) is 3.02. The first-order valence-electron chi connectivity index (χ1n) is 2.59. The smallest absolute Gasteiger partial charge is 0.195 e. The highest BCUT2D eigenvalue weighted by atomic mass is 17.1. The van der Waals surface area contributed by atoms with Gasteiger partial charge in [-0.25, -0.2) is 10.1 Å². The fourth-order valence-electron chi connectivity index (χ4n) is 0.374. The number of hydrogen-bond donors (Lipinski definition) is 1. The van der Waals surface area contributed by atoms with Crippen LogP contribution in [0.4, 0.5) is 0 Å². The van der Waals surface area contributed by atoms with Crippen molar-refractivity contribution in [3.63, 3.8) is 0 Å². The molecule has 0 amide bonds. The lowest BCUT2D eigenvalue weighted by Crippen LogP contribution is -2.26. The summed E-state index contributed by atoms with van der Waals surface area (Å²) >= 11 is 0. The van der Waals surface area contributed by atoms with Crippen molar-refractivity contribution < 1.29 is 14.9 Å². The summed E-state index contributed by atoms with van der Waals surface area (Å²) in [7, 11) is 0. The summed E-state index contributed by atoms with van der Waals surface area (Å²) in [6.07, 6.45) is 0. The van der Waals surface area contributed by atoms with Gasteiger partial charge < -0.3 is 4.74 Å². The average Bonchev–Trinajstić information content (AvgIpc) is 1.67. The molecule has 3 heteroatoms. The van der Waals surface area contributed by atoms with Crippen LogP contribution in [-0.2, 0) is 9.62 Å². The van der Waals surface area contributed by atoms with Gasteiger partial charge in [0.05, 0.1) is 0 Å². The highest BCUT2D eigenvalue weighted by Gasteiger charge is 2.16. The zero-order valence-electron chi connectivity index (χ0n) is 5.47. The van der Waals surface area contributed by atoms with Crippen molar-refractivity contribution in [2.45, 2.75) is 26.6 Å². The van der Waals surface area contributed by atoms with Gasteiger partial charge in [0.1, 0.15) is 0 Å². The van der Waals surface area contributed by atoms with Gasteiger partial charge in [0, 0.05) is 6.61 Å². The monoisotopic (exact) mass is 120 g/mol. The molecule has 0 unspecified atom stereocenters. The van der Waals surface area contributed by atoms with Crippen LogP contribution in [-0.4, -0.2) is 17.7 Å². The van der Waals surface area contributed by atoms with Gasteiger partial charge >= 0.3 is 0 Å². The molecule has 0 spiro atoms. The SMILES string of the molecule is CCOC(C)(C)OO. The Morgan fingerprint density at radius 2 is 2.00 bits per heavy atom. The fourth-order valence-corrected chi connectivity index (χ4v) is 0.374. The van der Waals surface area contributed by atoms with Crippen molar-refractivity contribution in [3.05, 3.63) is 0 Å². The van der Waals surface area contributed by atoms with E-state index in [1.165, 1.54) is 0 Å². The molecule has 0 atom stereocenters. The number of hydrogen-bond acceptors (Lipinski definition) is 3. The average molecular weight is 120 g/mol. The van der Waals surface area contributed by atoms with Gasteiger partial charge in [-0.3, -0.25) is 0 Å². The first kappa shape index (κ1) is 7.88. The maximum atomic E-state index is 8.10. The first-order valence-corrected chi connectivity index (χ1v) is 2.59. The van der Waals surface area contributed by atoms with Gasteiger partial charge in [-0.15, -0.1) is 0 Å². The van der Waals surface area contributed by atoms with E-state index in [0.717, 1.165) is 0 Å². The van der Waals surface area contributed by atoms with Crippen LogP contribution in [0.1, 0.15) is 20.8 Å². The molecule has 0 aliphatic rings. The van der Waals surface area contributed by atoms with E-state index in [1.54, 1.807) is 13.8 Å². The minimum atomic E-state index is -0.852. The predicted octanol–water partition coefficient (Wildman–Crippen LogP) is 1.25. The molecule has 0 radical (unpaired) electrons. The maximum Gasteiger partial charge on any atom is 0.195 e. The van der Waals surface area contributed by atoms with Crippen molar-refractivity contribution in [3.8, 4) is 0 Å². The molecule has 8 heavy (non-hydrogen) atoms. The minimum Gasteiger partial charge on any atom is -0.348 e. The summed E-state index contributed by atoms with van der Waals surface area (Å²) in [6.45, 7) is 5.64. The molecule has 0 aromatic carbocycles. The molecule has 3 nitrogen and oxygen atoms in total. The third-order valence-electron chi connectivity index (χ3n) is 0.712. The zero-order valence-corrected chi connectivity index (χ0v) is 5.47. The molecule has 1 N–H and O–H groups in total. The Labute approximate surface area is 49.1 Å². The summed E-state index contributed by atoms with van der Waals surface area (Å²) in [5, 5.41) is 8.10. The highest BCUT2D eigenvalue weighted by molar-refractivity contribution is 4.47. The van der Waals surface area contributed by atoms with Gasteiger partial charge in [-0.1, -0.05) is 0 Å². The van der Waals surface area contributed by atoms with Crippen molar-refractivity contribution in [2.24, 2.45) is 0 Å². The van der Waals surface area contributed by atoms with E-state index in [4.69, 9.17) is 9.99 Å². The molecule has 50 valence electrons. The van der Waals surface area contributed by atoms with Gasteiger partial charge in [-0.05, 0) is 20.8 Å². The molecule has 0 saturated heterocycles. The topological polar surface area (TPSA) is 38.7 Å². The molecule has 0 fully saturated rings. The summed E-state index contributed by atoms with van der Waals surface area (Å²) in [5.74, 6) is -0.852. The molecule has 0 rings (SSSR count). The van der Waals surface area contributed by atoms with Gasteiger partial charge in [-0.2, -0.15) is 0 Å². The third kappa shape index (κ3) is 2.96. The molecule has 0 aliphatic carbocycles. The van der Waals surface area contributed by atoms with Gasteiger partial charge in [0.15, 0.2) is 5.79 Å². The molecule has 0 aromatic rings. The van der Waals surface area contributed by atoms with Crippen LogP contribution in [0.15, 0.2) is 0 Å². The van der Waals surface area contributed by atoms with E-state index >= 15 is 0 Å². The van der Waals surface area contributed by atoms with Crippen LogP contribution < -0.4 is 0 Å². The quantitative estimate of drug-likeness (QED) is 0.346. The molecule has 0 heterocycles. The van der Waals surface area contributed by atoms with Crippen molar-refractivity contribution in [1.29, 1.82) is 0 Å². The highest BCUT2D eigenvalue weighted by Crippen LogP contribution is 2.07. The Balaban J connectivity index is 3.37. The van der Waals surface area contributed by atoms with Crippen molar-refractivity contribution in [2.75, 3.05) is 6.61 Å². The summed E-state index contributed by atoms with van der Waals surface area (Å²) in [5.41, 5.74) is 0. The van der Waals surface area contributed by atoms with Crippen LogP contribution in [0.5, 0.6) is 0 Å². The molecule has 0 saturated carbocycles. The van der Waals surface area contributed by atoms with Crippen LogP contribution in [0.3, 0.4) is 0 Å². The Morgan fingerprint density at radius 3 is 2.12 bits per heavy atom. The largest absolute Gasteiger partial charge is 0.348 e. The number of rotatable bonds is 3. The van der Waals surface area contributed by atoms with E-state index in [-0.39, 0.29) is 0 Å². The lowest BCUT2D eigenvalue weighted by Gasteiger charge is -2.19. The standard InChI is InChI=1S/C5H12O3/c1-4-7-5(2,3)8-6/h6H,4H2,1-3H3. The van der Waals surface area contributed by atoms with E-state index in [1.807, 2.05) is 6.92 Å². The Bertz CT molecular complexity index is 60.7. The normalized spacial score (nSPS) is 12.0. The molecule has 0 aliphatic heterocycles. The second-order valence-electron chi connectivity index (χ2n) is 1.92.